The first-order valence-corrected chi connectivity index (χ1v) is 9.63. The largest absolute Gasteiger partial charge is 0.353 e. The normalized spacial score (nSPS) is 17.2. The van der Waals surface area contributed by atoms with E-state index in [0.29, 0.717) is 17.6 Å². The van der Waals surface area contributed by atoms with Gasteiger partial charge in [-0.2, -0.15) is 4.98 Å². The maximum absolute atomic E-state index is 5.44. The number of rotatable bonds is 3. The highest BCUT2D eigenvalue weighted by molar-refractivity contribution is 6.10. The first-order valence-electron chi connectivity index (χ1n) is 9.63. The number of aryl methyl sites for hydroxylation is 2. The molecule has 1 unspecified atom stereocenters. The molecular formula is C22H22N4O. The van der Waals surface area contributed by atoms with Crippen LogP contribution in [0.25, 0.3) is 33.4 Å². The molecule has 0 amide bonds. The van der Waals surface area contributed by atoms with E-state index in [1.165, 1.54) is 29.2 Å². The summed E-state index contributed by atoms with van der Waals surface area (Å²) >= 11 is 0. The molecule has 0 fully saturated rings. The fourth-order valence-corrected chi connectivity index (χ4v) is 4.14. The molecule has 4 aromatic rings. The molecule has 0 saturated heterocycles. The Hall–Kier alpha value is -2.95. The van der Waals surface area contributed by atoms with E-state index in [4.69, 9.17) is 4.52 Å². The topological polar surface area (TPSA) is 67.6 Å². The molecule has 0 radical (unpaired) electrons. The molecule has 5 rings (SSSR count). The Morgan fingerprint density at radius 1 is 1.22 bits per heavy atom. The quantitative estimate of drug-likeness (QED) is 0.494. The summed E-state index contributed by atoms with van der Waals surface area (Å²) in [7, 11) is 0. The molecule has 1 aliphatic rings. The number of H-pyrrole nitrogens is 1. The van der Waals surface area contributed by atoms with Gasteiger partial charge in [0.25, 0.3) is 5.89 Å². The lowest BCUT2D eigenvalue weighted by Gasteiger charge is -2.18. The van der Waals surface area contributed by atoms with Gasteiger partial charge in [-0.05, 0) is 55.4 Å². The lowest BCUT2D eigenvalue weighted by molar-refractivity contribution is 0.422. The molecule has 5 nitrogen and oxygen atoms in total. The lowest BCUT2D eigenvalue weighted by atomic mass is 9.87. The summed E-state index contributed by atoms with van der Waals surface area (Å²) < 4.78 is 5.44. The highest BCUT2D eigenvalue weighted by atomic mass is 16.5. The van der Waals surface area contributed by atoms with Crippen molar-refractivity contribution in [2.24, 2.45) is 0 Å². The number of benzene rings is 1. The summed E-state index contributed by atoms with van der Waals surface area (Å²) in [5, 5.41) is 6.45. The van der Waals surface area contributed by atoms with Crippen LogP contribution in [0.15, 0.2) is 41.1 Å². The van der Waals surface area contributed by atoms with Crippen molar-refractivity contribution in [3.8, 4) is 11.6 Å². The minimum Gasteiger partial charge on any atom is -0.353 e. The molecule has 3 aromatic heterocycles. The van der Waals surface area contributed by atoms with Crippen molar-refractivity contribution in [1.29, 1.82) is 0 Å². The van der Waals surface area contributed by atoms with Gasteiger partial charge < -0.3 is 9.51 Å². The SMILES string of the molecule is CCc1noc(-c2ncc3[nH]c4ccc(C5CC=CCC5)cc4c3c2C)n1. The Morgan fingerprint density at radius 2 is 2.15 bits per heavy atom. The van der Waals surface area contributed by atoms with Gasteiger partial charge in [0.1, 0.15) is 5.69 Å². The van der Waals surface area contributed by atoms with Crippen LogP contribution < -0.4 is 0 Å². The number of nitrogens with zero attached hydrogens (tertiary/aromatic N) is 3. The van der Waals surface area contributed by atoms with Crippen LogP contribution in [-0.2, 0) is 6.42 Å². The minimum atomic E-state index is 0.495. The molecule has 1 N–H and O–H groups in total. The first kappa shape index (κ1) is 16.2. The molecule has 136 valence electrons. The molecule has 0 saturated carbocycles. The number of hydrogen-bond donors (Lipinski definition) is 1. The second kappa shape index (κ2) is 6.34. The van der Waals surface area contributed by atoms with Crippen LogP contribution >= 0.6 is 0 Å². The zero-order valence-electron chi connectivity index (χ0n) is 15.6. The van der Waals surface area contributed by atoms with Crippen molar-refractivity contribution < 1.29 is 4.52 Å². The van der Waals surface area contributed by atoms with Gasteiger partial charge in [-0.15, -0.1) is 0 Å². The number of aromatic nitrogens is 4. The predicted octanol–water partition coefficient (Wildman–Crippen LogP) is 5.46. The van der Waals surface area contributed by atoms with E-state index in [0.717, 1.165) is 35.1 Å². The maximum Gasteiger partial charge on any atom is 0.276 e. The average molecular weight is 358 g/mol. The first-order chi connectivity index (χ1) is 13.2. The van der Waals surface area contributed by atoms with Crippen LogP contribution in [-0.4, -0.2) is 20.1 Å². The fraction of sp³-hybridized carbons (Fsp3) is 0.318. The van der Waals surface area contributed by atoms with Gasteiger partial charge in [-0.3, -0.25) is 0 Å². The molecule has 0 spiro atoms. The summed E-state index contributed by atoms with van der Waals surface area (Å²) in [5.41, 5.74) is 5.44. The van der Waals surface area contributed by atoms with Crippen molar-refractivity contribution in [1.82, 2.24) is 20.1 Å². The molecule has 27 heavy (non-hydrogen) atoms. The van der Waals surface area contributed by atoms with Crippen LogP contribution in [0.3, 0.4) is 0 Å². The van der Waals surface area contributed by atoms with Crippen LogP contribution in [0, 0.1) is 6.92 Å². The van der Waals surface area contributed by atoms with Gasteiger partial charge in [0.2, 0.25) is 0 Å². The van der Waals surface area contributed by atoms with Crippen LogP contribution in [0.1, 0.15) is 49.1 Å². The van der Waals surface area contributed by atoms with E-state index < -0.39 is 0 Å². The Labute approximate surface area is 157 Å². The third-order valence-corrected chi connectivity index (χ3v) is 5.63. The lowest BCUT2D eigenvalue weighted by Crippen LogP contribution is -2.00. The number of allylic oxidation sites excluding steroid dienone is 2. The van der Waals surface area contributed by atoms with Crippen LogP contribution in [0.4, 0.5) is 0 Å². The summed E-state index contributed by atoms with van der Waals surface area (Å²) in [6.07, 6.45) is 10.7. The monoisotopic (exact) mass is 358 g/mol. The maximum atomic E-state index is 5.44. The van der Waals surface area contributed by atoms with Gasteiger partial charge in [-0.25, -0.2) is 4.98 Å². The van der Waals surface area contributed by atoms with Crippen molar-refractivity contribution in [3.63, 3.8) is 0 Å². The van der Waals surface area contributed by atoms with Gasteiger partial charge in [0.15, 0.2) is 5.82 Å². The van der Waals surface area contributed by atoms with E-state index in [2.05, 4.69) is 57.4 Å². The molecule has 1 atom stereocenters. The molecular weight excluding hydrogens is 336 g/mol. The van der Waals surface area contributed by atoms with E-state index >= 15 is 0 Å². The standard InChI is InChI=1S/C22H22N4O/c1-3-19-25-22(27-26-19)21-13(2)20-16-11-15(14-7-5-4-6-8-14)9-10-17(16)24-18(20)12-23-21/h4-5,9-12,14,24H,3,6-8H2,1-2H3. The predicted molar refractivity (Wildman–Crippen MR) is 107 cm³/mol. The highest BCUT2D eigenvalue weighted by Gasteiger charge is 2.19. The molecule has 0 bridgehead atoms. The number of hydrogen-bond acceptors (Lipinski definition) is 4. The highest BCUT2D eigenvalue weighted by Crippen LogP contribution is 2.36. The van der Waals surface area contributed by atoms with Crippen molar-refractivity contribution in [2.75, 3.05) is 0 Å². The Morgan fingerprint density at radius 3 is 2.93 bits per heavy atom. The molecule has 1 aromatic carbocycles. The number of pyridine rings is 1. The molecule has 5 heteroatoms. The minimum absolute atomic E-state index is 0.495. The Bertz CT molecular complexity index is 1170. The summed E-state index contributed by atoms with van der Waals surface area (Å²) in [6, 6.07) is 6.81. The van der Waals surface area contributed by atoms with Crippen molar-refractivity contribution in [3.05, 3.63) is 53.5 Å². The number of nitrogens with one attached hydrogen (secondary N) is 1. The van der Waals surface area contributed by atoms with Crippen LogP contribution in [0.5, 0.6) is 0 Å². The van der Waals surface area contributed by atoms with E-state index in [-0.39, 0.29) is 0 Å². The second-order valence-corrected chi connectivity index (χ2v) is 7.30. The number of aromatic amines is 1. The number of fused-ring (bicyclic) bond motifs is 3. The zero-order chi connectivity index (χ0) is 18.4. The summed E-state index contributed by atoms with van der Waals surface area (Å²) in [5.74, 6) is 1.81. The smallest absolute Gasteiger partial charge is 0.276 e. The molecule has 3 heterocycles. The van der Waals surface area contributed by atoms with Crippen molar-refractivity contribution >= 4 is 21.8 Å². The second-order valence-electron chi connectivity index (χ2n) is 7.30. The molecule has 1 aliphatic carbocycles. The zero-order valence-corrected chi connectivity index (χ0v) is 15.6. The fourth-order valence-electron chi connectivity index (χ4n) is 4.14. The van der Waals surface area contributed by atoms with E-state index in [1.807, 2.05) is 13.1 Å². The third kappa shape index (κ3) is 2.65. The summed E-state index contributed by atoms with van der Waals surface area (Å²) in [6.45, 7) is 4.10. The van der Waals surface area contributed by atoms with E-state index in [1.54, 1.807) is 0 Å². The van der Waals surface area contributed by atoms with Gasteiger partial charge in [0.05, 0.1) is 11.7 Å². The molecule has 0 aliphatic heterocycles. The van der Waals surface area contributed by atoms with E-state index in [9.17, 15) is 0 Å². The summed E-state index contributed by atoms with van der Waals surface area (Å²) in [4.78, 5) is 12.6. The van der Waals surface area contributed by atoms with Crippen LogP contribution in [0.2, 0.25) is 0 Å². The van der Waals surface area contributed by atoms with Gasteiger partial charge >= 0.3 is 0 Å². The Balaban J connectivity index is 1.69. The average Bonchev–Trinajstić information content (AvgIpc) is 3.33. The van der Waals surface area contributed by atoms with Gasteiger partial charge in [0, 0.05) is 22.7 Å². The van der Waals surface area contributed by atoms with Crippen molar-refractivity contribution in [2.45, 2.75) is 45.4 Å². The third-order valence-electron chi connectivity index (χ3n) is 5.63. The Kier molecular flexibility index (Phi) is 3.81. The van der Waals surface area contributed by atoms with Gasteiger partial charge in [-0.1, -0.05) is 30.3 Å².